The maximum Gasteiger partial charge on any atom is 0.491 e. The molecule has 12 heteroatoms. The summed E-state index contributed by atoms with van der Waals surface area (Å²) in [5.74, 6) is -4.11. The molecule has 3 atom stereocenters. The van der Waals surface area contributed by atoms with Gasteiger partial charge in [-0.15, -0.1) is 0 Å². The Morgan fingerprint density at radius 1 is 1.30 bits per heavy atom. The Labute approximate surface area is 147 Å². The highest BCUT2D eigenvalue weighted by atomic mass is 19.4. The third-order valence-corrected chi connectivity index (χ3v) is 4.35. The Hall–Kier alpha value is -1.92. The fourth-order valence-electron chi connectivity index (χ4n) is 2.73. The van der Waals surface area contributed by atoms with Gasteiger partial charge in [-0.25, -0.2) is 9.18 Å². The summed E-state index contributed by atoms with van der Waals surface area (Å²) >= 11 is 0. The van der Waals surface area contributed by atoms with Crippen LogP contribution in [0.2, 0.25) is 0 Å². The molecule has 1 aromatic rings. The first-order valence-corrected chi connectivity index (χ1v) is 7.38. The molecule has 3 N–H and O–H groups in total. The van der Waals surface area contributed by atoms with Gasteiger partial charge >= 0.3 is 18.3 Å². The standard InChI is InChI=1S/C15H14F7NO4/c1-12(25)11(27-10(24)15(20,21)22)26-5-4-13(12,23)8-3-2-7(6-9(8)16)14(17,18)19/h2-3,6,11,25H,4-5,23H2,1H3. The molecule has 0 amide bonds. The number of esters is 1. The molecular weight excluding hydrogens is 391 g/mol. The lowest BCUT2D eigenvalue weighted by molar-refractivity contribution is -0.288. The van der Waals surface area contributed by atoms with Crippen molar-refractivity contribution in [3.05, 3.63) is 35.1 Å². The van der Waals surface area contributed by atoms with Gasteiger partial charge in [0, 0.05) is 5.56 Å². The molecule has 0 aliphatic carbocycles. The summed E-state index contributed by atoms with van der Waals surface area (Å²) in [5.41, 5.74) is -0.740. The minimum absolute atomic E-state index is 0.145. The first-order chi connectivity index (χ1) is 12.1. The van der Waals surface area contributed by atoms with E-state index >= 15 is 0 Å². The molecular formula is C15H14F7NO4. The van der Waals surface area contributed by atoms with Gasteiger partial charge in [0.15, 0.2) is 0 Å². The van der Waals surface area contributed by atoms with Crippen LogP contribution >= 0.6 is 0 Å². The Balaban J connectivity index is 2.42. The van der Waals surface area contributed by atoms with Crippen LogP contribution in [-0.2, 0) is 26.0 Å². The first kappa shape index (κ1) is 21.4. The maximum atomic E-state index is 14.3. The summed E-state index contributed by atoms with van der Waals surface area (Å²) < 4.78 is 98.4. The van der Waals surface area contributed by atoms with E-state index in [1.807, 2.05) is 0 Å². The second-order valence-electron chi connectivity index (χ2n) is 6.17. The fourth-order valence-corrected chi connectivity index (χ4v) is 2.73. The molecule has 0 bridgehead atoms. The first-order valence-electron chi connectivity index (χ1n) is 7.38. The number of halogens is 7. The van der Waals surface area contributed by atoms with E-state index in [0.29, 0.717) is 12.1 Å². The zero-order chi connectivity index (χ0) is 20.8. The number of ether oxygens (including phenoxy) is 2. The molecule has 152 valence electrons. The average Bonchev–Trinajstić information content (AvgIpc) is 2.50. The number of aliphatic hydroxyl groups is 1. The second-order valence-corrected chi connectivity index (χ2v) is 6.17. The third kappa shape index (κ3) is 3.87. The van der Waals surface area contributed by atoms with Crippen LogP contribution in [0.25, 0.3) is 0 Å². The summed E-state index contributed by atoms with van der Waals surface area (Å²) in [6.07, 6.45) is -12.8. The van der Waals surface area contributed by atoms with E-state index in [2.05, 4.69) is 4.74 Å². The molecule has 1 aliphatic rings. The van der Waals surface area contributed by atoms with Gasteiger partial charge in [0.25, 0.3) is 0 Å². The third-order valence-electron chi connectivity index (χ3n) is 4.35. The quantitative estimate of drug-likeness (QED) is 0.584. The Morgan fingerprint density at radius 2 is 1.89 bits per heavy atom. The topological polar surface area (TPSA) is 81.8 Å². The number of hydrogen-bond donors (Lipinski definition) is 2. The number of carbonyl (C=O) groups is 1. The minimum Gasteiger partial charge on any atom is -0.426 e. The van der Waals surface area contributed by atoms with Crippen molar-refractivity contribution >= 4 is 5.97 Å². The van der Waals surface area contributed by atoms with E-state index in [1.54, 1.807) is 0 Å². The molecule has 1 fully saturated rings. The normalized spacial score (nSPS) is 29.5. The molecule has 0 spiro atoms. The monoisotopic (exact) mass is 405 g/mol. The van der Waals surface area contributed by atoms with Crippen LogP contribution in [0.3, 0.4) is 0 Å². The van der Waals surface area contributed by atoms with Gasteiger partial charge in [-0.1, -0.05) is 6.07 Å². The van der Waals surface area contributed by atoms with E-state index in [4.69, 9.17) is 10.5 Å². The molecule has 1 aromatic carbocycles. The Morgan fingerprint density at radius 3 is 2.37 bits per heavy atom. The van der Waals surface area contributed by atoms with Crippen LogP contribution in [-0.4, -0.2) is 35.8 Å². The molecule has 1 heterocycles. The minimum atomic E-state index is -5.40. The Kier molecular flexibility index (Phi) is 5.23. The maximum absolute atomic E-state index is 14.3. The molecule has 2 rings (SSSR count). The summed E-state index contributed by atoms with van der Waals surface area (Å²) in [6.45, 7) is 0.376. The van der Waals surface area contributed by atoms with Gasteiger partial charge in [-0.3, -0.25) is 0 Å². The molecule has 5 nitrogen and oxygen atoms in total. The van der Waals surface area contributed by atoms with Gasteiger partial charge in [0.2, 0.25) is 6.29 Å². The number of benzene rings is 1. The zero-order valence-electron chi connectivity index (χ0n) is 13.6. The highest BCUT2D eigenvalue weighted by Crippen LogP contribution is 2.43. The van der Waals surface area contributed by atoms with Crippen molar-refractivity contribution in [2.75, 3.05) is 6.61 Å². The van der Waals surface area contributed by atoms with Gasteiger partial charge < -0.3 is 20.3 Å². The van der Waals surface area contributed by atoms with Crippen LogP contribution in [0.4, 0.5) is 30.7 Å². The number of nitrogens with two attached hydrogens (primary N) is 1. The summed E-state index contributed by atoms with van der Waals surface area (Å²) in [5, 5.41) is 10.6. The molecule has 1 aliphatic heterocycles. The Bertz CT molecular complexity index is 732. The highest BCUT2D eigenvalue weighted by molar-refractivity contribution is 5.75. The van der Waals surface area contributed by atoms with E-state index in [0.717, 1.165) is 6.92 Å². The van der Waals surface area contributed by atoms with Gasteiger partial charge in [-0.2, -0.15) is 26.3 Å². The number of carbonyl (C=O) groups excluding carboxylic acids is 1. The smallest absolute Gasteiger partial charge is 0.426 e. The van der Waals surface area contributed by atoms with Crippen molar-refractivity contribution in [1.29, 1.82) is 0 Å². The largest absolute Gasteiger partial charge is 0.491 e. The zero-order valence-corrected chi connectivity index (χ0v) is 13.6. The molecule has 27 heavy (non-hydrogen) atoms. The van der Waals surface area contributed by atoms with Crippen molar-refractivity contribution in [1.82, 2.24) is 0 Å². The fraction of sp³-hybridized carbons (Fsp3) is 0.533. The van der Waals surface area contributed by atoms with Crippen LogP contribution in [0, 0.1) is 5.82 Å². The second kappa shape index (κ2) is 6.60. The van der Waals surface area contributed by atoms with E-state index in [9.17, 15) is 40.6 Å². The van der Waals surface area contributed by atoms with Crippen LogP contribution in [0.5, 0.6) is 0 Å². The lowest BCUT2D eigenvalue weighted by atomic mass is 9.72. The molecule has 0 saturated carbocycles. The van der Waals surface area contributed by atoms with E-state index < -0.39 is 59.3 Å². The van der Waals surface area contributed by atoms with Gasteiger partial charge in [0.05, 0.1) is 17.7 Å². The predicted molar refractivity (Wildman–Crippen MR) is 74.4 cm³/mol. The number of alkyl halides is 6. The van der Waals surface area contributed by atoms with Crippen molar-refractivity contribution in [2.45, 2.75) is 43.1 Å². The van der Waals surface area contributed by atoms with Crippen LogP contribution < -0.4 is 5.73 Å². The lowest BCUT2D eigenvalue weighted by Crippen LogP contribution is -2.67. The number of hydrogen-bond acceptors (Lipinski definition) is 5. The van der Waals surface area contributed by atoms with Crippen molar-refractivity contribution in [2.24, 2.45) is 5.73 Å². The van der Waals surface area contributed by atoms with E-state index in [-0.39, 0.29) is 12.5 Å². The van der Waals surface area contributed by atoms with Crippen molar-refractivity contribution in [3.8, 4) is 0 Å². The van der Waals surface area contributed by atoms with Crippen LogP contribution in [0.15, 0.2) is 18.2 Å². The van der Waals surface area contributed by atoms with Crippen molar-refractivity contribution in [3.63, 3.8) is 0 Å². The predicted octanol–water partition coefficient (Wildman–Crippen LogP) is 2.60. The molecule has 0 radical (unpaired) electrons. The SMILES string of the molecule is CC1(O)C(OC(=O)C(F)(F)F)OCCC1(N)c1ccc(C(F)(F)F)cc1F. The van der Waals surface area contributed by atoms with E-state index in [1.165, 1.54) is 0 Å². The van der Waals surface area contributed by atoms with Crippen molar-refractivity contribution < 1.29 is 50.1 Å². The average molecular weight is 405 g/mol. The summed E-state index contributed by atoms with van der Waals surface area (Å²) in [6, 6.07) is 1.32. The highest BCUT2D eigenvalue weighted by Gasteiger charge is 2.58. The molecule has 0 aromatic heterocycles. The van der Waals surface area contributed by atoms with Gasteiger partial charge in [0.1, 0.15) is 11.4 Å². The number of rotatable bonds is 2. The van der Waals surface area contributed by atoms with Gasteiger partial charge in [-0.05, 0) is 25.5 Å². The molecule has 3 unspecified atom stereocenters. The molecule has 1 saturated heterocycles. The summed E-state index contributed by atoms with van der Waals surface area (Å²) in [4.78, 5) is 11.0. The summed E-state index contributed by atoms with van der Waals surface area (Å²) in [7, 11) is 0. The lowest BCUT2D eigenvalue weighted by Gasteiger charge is -2.49. The van der Waals surface area contributed by atoms with Crippen LogP contribution in [0.1, 0.15) is 24.5 Å².